The van der Waals surface area contributed by atoms with Gasteiger partial charge in [0.05, 0.1) is 11.6 Å². The highest BCUT2D eigenvalue weighted by molar-refractivity contribution is 6.08. The van der Waals surface area contributed by atoms with Gasteiger partial charge in [0.2, 0.25) is 0 Å². The number of ether oxygens (including phenoxy) is 6. The first-order chi connectivity index (χ1) is 61.8. The molecule has 0 spiro atoms. The molecular weight excluding hydrogens is 1620 g/mol. The van der Waals surface area contributed by atoms with Crippen molar-refractivity contribution in [3.05, 3.63) is 305 Å². The van der Waals surface area contributed by atoms with Gasteiger partial charge in [-0.1, -0.05) is 90.0 Å². The Balaban J connectivity index is 0.000000140. The van der Waals surface area contributed by atoms with E-state index >= 15 is 0 Å². The van der Waals surface area contributed by atoms with Gasteiger partial charge in [-0.25, -0.2) is 22.0 Å². The second-order valence-corrected chi connectivity index (χ2v) is 32.7. The van der Waals surface area contributed by atoms with Crippen molar-refractivity contribution in [2.24, 2.45) is 0 Å². The van der Waals surface area contributed by atoms with Crippen LogP contribution in [-0.2, 0) is 0 Å². The van der Waals surface area contributed by atoms with Gasteiger partial charge in [0.1, 0.15) is 76.9 Å². The summed E-state index contributed by atoms with van der Waals surface area (Å²) in [6.45, 7) is 15.6. The maximum Gasteiger partial charge on any atom is 0.255 e. The van der Waals surface area contributed by atoms with E-state index in [2.05, 4.69) is 66.1 Å². The Bertz CT molecular complexity index is 5790. The van der Waals surface area contributed by atoms with E-state index in [0.717, 1.165) is 195 Å². The number of carbonyl (C=O) groups is 3. The van der Waals surface area contributed by atoms with Crippen LogP contribution in [0, 0.1) is 61.2 Å². The highest BCUT2D eigenvalue weighted by Crippen LogP contribution is 2.42. The molecule has 6 aliphatic rings. The third-order valence-electron chi connectivity index (χ3n) is 23.2. The molecule has 18 rings (SSSR count). The van der Waals surface area contributed by atoms with Gasteiger partial charge in [-0.05, 0) is 295 Å². The average molecular weight is 1720 g/mol. The Hall–Kier alpha value is -13.3. The average Bonchev–Trinajstić information content (AvgIpc) is 1.76. The van der Waals surface area contributed by atoms with Crippen molar-refractivity contribution in [3.63, 3.8) is 0 Å². The van der Waals surface area contributed by atoms with Crippen LogP contribution in [0.1, 0.15) is 91.9 Å². The third kappa shape index (κ3) is 22.2. The van der Waals surface area contributed by atoms with Gasteiger partial charge in [-0.15, -0.1) is 0 Å². The number of nitriles is 1. The highest BCUT2D eigenvalue weighted by Gasteiger charge is 2.28. The van der Waals surface area contributed by atoms with Crippen molar-refractivity contribution in [1.82, 2.24) is 31.9 Å². The quantitative estimate of drug-likeness (QED) is 0.0256. The summed E-state index contributed by atoms with van der Waals surface area (Å²) < 4.78 is 108. The first-order valence-corrected chi connectivity index (χ1v) is 43.2. The molecule has 6 atom stereocenters. The van der Waals surface area contributed by atoms with Gasteiger partial charge in [-0.3, -0.25) is 14.4 Å². The smallest absolute Gasteiger partial charge is 0.255 e. The summed E-state index contributed by atoms with van der Waals surface area (Å²) in [5, 5.41) is 38.3. The first-order valence-electron chi connectivity index (χ1n) is 43.2. The number of rotatable bonds is 24. The number of amides is 3. The summed E-state index contributed by atoms with van der Waals surface area (Å²) in [5.41, 5.74) is 15.1. The second-order valence-electron chi connectivity index (χ2n) is 32.7. The van der Waals surface area contributed by atoms with Crippen molar-refractivity contribution in [1.29, 1.82) is 5.26 Å². The molecule has 6 saturated heterocycles. The molecule has 127 heavy (non-hydrogen) atoms. The fourth-order valence-electron chi connectivity index (χ4n) is 16.4. The van der Waals surface area contributed by atoms with E-state index in [9.17, 15) is 41.6 Å². The Kier molecular flexibility index (Phi) is 28.0. The molecule has 12 aromatic rings. The van der Waals surface area contributed by atoms with Crippen molar-refractivity contribution >= 4 is 34.8 Å². The van der Waals surface area contributed by atoms with Crippen LogP contribution < -0.4 is 76.3 Å². The Morgan fingerprint density at radius 2 is 0.575 bits per heavy atom. The van der Waals surface area contributed by atoms with Crippen LogP contribution in [0.15, 0.2) is 237 Å². The topological polar surface area (TPSA) is 239 Å². The zero-order valence-electron chi connectivity index (χ0n) is 70.7. The van der Waals surface area contributed by atoms with Crippen LogP contribution in [-0.4, -0.2) is 133 Å². The van der Waals surface area contributed by atoms with E-state index < -0.39 is 23.3 Å². The Morgan fingerprint density at radius 1 is 0.299 bits per heavy atom. The van der Waals surface area contributed by atoms with E-state index in [4.69, 9.17) is 28.4 Å². The van der Waals surface area contributed by atoms with E-state index in [0.29, 0.717) is 103 Å². The Labute approximate surface area is 735 Å². The molecule has 0 unspecified atom stereocenters. The van der Waals surface area contributed by atoms with E-state index in [1.165, 1.54) is 18.2 Å². The van der Waals surface area contributed by atoms with Crippen molar-refractivity contribution < 1.29 is 64.8 Å². The van der Waals surface area contributed by atoms with Crippen LogP contribution in [0.3, 0.4) is 0 Å². The van der Waals surface area contributed by atoms with Crippen molar-refractivity contribution in [2.45, 2.75) is 95.9 Å². The molecular formula is C103H99F5N10O9. The van der Waals surface area contributed by atoms with Gasteiger partial charge in [0, 0.05) is 106 Å². The number of benzene rings is 12. The largest absolute Gasteiger partial charge is 0.488 e. The lowest BCUT2D eigenvalue weighted by Crippen LogP contribution is -2.20. The zero-order chi connectivity index (χ0) is 87.9. The number of anilines is 3. The normalized spacial score (nSPS) is 18.0. The molecule has 9 N–H and O–H groups in total. The van der Waals surface area contributed by atoms with Crippen LogP contribution in [0.5, 0.6) is 34.5 Å². The van der Waals surface area contributed by atoms with Crippen molar-refractivity contribution in [2.75, 3.05) is 94.5 Å². The maximum atomic E-state index is 14.2. The fraction of sp³-hybridized carbons (Fsp3) is 0.262. The molecule has 6 heterocycles. The van der Waals surface area contributed by atoms with Gasteiger partial charge >= 0.3 is 0 Å². The predicted molar refractivity (Wildman–Crippen MR) is 485 cm³/mol. The lowest BCUT2D eigenvalue weighted by atomic mass is 9.99. The zero-order valence-corrected chi connectivity index (χ0v) is 70.7. The minimum absolute atomic E-state index is 0.0266. The number of carbonyl (C=O) groups excluding carboxylic acids is 3. The lowest BCUT2D eigenvalue weighted by molar-refractivity contribution is 0.101. The number of aryl methyl sites for hydroxylation is 3. The maximum absolute atomic E-state index is 14.2. The standard InChI is InChI=1S/C35H33FN4O3.2C34H33F2N3O3/c1-22-15-25(5-8-32(22)36)30-17-26(6-9-33(30)42-28-11-13-38-20-28)35(41)40-27-7-10-34(43-29-12-14-39-21-29)31(18-27)24-4-2-3-23(16-24)19-37;2*1-21-3-2-4-22(15-21)29-18-25(7-10-33(29)42-27-12-14-38-20-27)39-34(40)24-6-9-32(41-26-11-13-37-19-26)28(16-24)23-5-8-30(35)31(36)17-23/h2-10,15-18,28-29,38-39H,11-14,20-21H2,1H3,(H,40,41);2*2-10,15-18,26-27,37-38H,11-14,19-20H2,1H3,(H,39,40)/t28-,29-;2*26-,27-/m000/s1. The fourth-order valence-corrected chi connectivity index (χ4v) is 16.4. The van der Waals surface area contributed by atoms with Crippen molar-refractivity contribution in [3.8, 4) is 107 Å². The predicted octanol–water partition coefficient (Wildman–Crippen LogP) is 18.8. The van der Waals surface area contributed by atoms with Gasteiger partial charge < -0.3 is 76.3 Å². The van der Waals surface area contributed by atoms with Crippen LogP contribution >= 0.6 is 0 Å². The summed E-state index contributed by atoms with van der Waals surface area (Å²) in [7, 11) is 0. The highest BCUT2D eigenvalue weighted by atomic mass is 19.2. The SMILES string of the molecule is Cc1cc(-c2cc(C(=O)Nc3ccc(O[C@H]4CCNC4)c(-c4cccc(C#N)c4)c3)ccc2O[C@H]2CCNC2)ccc1F.Cc1cccc(-c2cc(NC(=O)c3ccc(O[C@H]4CCNC4)c(-c4ccc(F)c(F)c4)c3)ccc2O[C@H]2CCNC2)c1.Cc1cccc(-c2cc(NC(=O)c3ccc(O[C@H]4CCNC4)c(-c4ccc(F)c(F)c4)c3)ccc2O[C@H]2CCNC2)c1. The molecule has 0 aromatic heterocycles. The number of hydrogen-bond donors (Lipinski definition) is 9. The van der Waals surface area contributed by atoms with Crippen LogP contribution in [0.2, 0.25) is 0 Å². The minimum atomic E-state index is -0.963. The molecule has 3 amide bonds. The lowest BCUT2D eigenvalue weighted by Gasteiger charge is -2.19. The number of nitrogens with one attached hydrogen (secondary N) is 9. The van der Waals surface area contributed by atoms with E-state index in [1.54, 1.807) is 73.7 Å². The molecule has 0 saturated carbocycles. The monoisotopic (exact) mass is 1710 g/mol. The number of nitrogens with zero attached hydrogens (tertiary/aromatic N) is 1. The van der Waals surface area contributed by atoms with Gasteiger partial charge in [-0.2, -0.15) is 5.26 Å². The molecule has 6 fully saturated rings. The molecule has 0 radical (unpaired) electrons. The van der Waals surface area contributed by atoms with Gasteiger partial charge in [0.25, 0.3) is 17.7 Å². The third-order valence-corrected chi connectivity index (χ3v) is 23.2. The summed E-state index contributed by atoms with van der Waals surface area (Å²) in [4.78, 5) is 40.6. The number of halogens is 5. The molecule has 0 bridgehead atoms. The number of hydrogen-bond acceptors (Lipinski definition) is 16. The first kappa shape index (κ1) is 87.2. The second kappa shape index (κ2) is 40.8. The molecule has 24 heteroatoms. The molecule has 19 nitrogen and oxygen atoms in total. The molecule has 650 valence electrons. The Morgan fingerprint density at radius 3 is 0.858 bits per heavy atom. The summed E-state index contributed by atoms with van der Waals surface area (Å²) in [5.74, 6) is -1.16. The summed E-state index contributed by atoms with van der Waals surface area (Å²) >= 11 is 0. The van der Waals surface area contributed by atoms with E-state index in [1.807, 2.05) is 129 Å². The van der Waals surface area contributed by atoms with Crippen LogP contribution in [0.4, 0.5) is 39.0 Å². The molecule has 0 aliphatic carbocycles. The van der Waals surface area contributed by atoms with E-state index in [-0.39, 0.29) is 60.2 Å². The molecule has 6 aliphatic heterocycles. The summed E-state index contributed by atoms with van der Waals surface area (Å²) in [6.07, 6.45) is 5.49. The van der Waals surface area contributed by atoms with Gasteiger partial charge in [0.15, 0.2) is 23.3 Å². The van der Waals surface area contributed by atoms with Crippen LogP contribution in [0.25, 0.3) is 66.8 Å². The summed E-state index contributed by atoms with van der Waals surface area (Å²) in [6, 6.07) is 70.5. The minimum Gasteiger partial charge on any atom is -0.488 e. The molecule has 12 aromatic carbocycles.